The van der Waals surface area contributed by atoms with Gasteiger partial charge in [-0.2, -0.15) is 0 Å². The van der Waals surface area contributed by atoms with E-state index in [2.05, 4.69) is 12.2 Å². The second-order valence-corrected chi connectivity index (χ2v) is 5.33. The van der Waals surface area contributed by atoms with E-state index in [1.54, 1.807) is 0 Å². The third-order valence-electron chi connectivity index (χ3n) is 3.52. The second kappa shape index (κ2) is 4.95. The van der Waals surface area contributed by atoms with Gasteiger partial charge in [-0.25, -0.2) is 0 Å². The van der Waals surface area contributed by atoms with Crippen LogP contribution in [0.1, 0.15) is 31.7 Å². The fourth-order valence-electron chi connectivity index (χ4n) is 2.49. The summed E-state index contributed by atoms with van der Waals surface area (Å²) in [4.78, 5) is 0. The Balaban J connectivity index is 2.32. The molecule has 0 bridgehead atoms. The van der Waals surface area contributed by atoms with E-state index in [1.807, 2.05) is 18.2 Å². The van der Waals surface area contributed by atoms with E-state index in [0.717, 1.165) is 28.7 Å². The summed E-state index contributed by atoms with van der Waals surface area (Å²) >= 11 is 12.6. The standard InChI is InChI=1S/C13H17Cl2N/c1-2-16-9-13(7-4-8-13)12-10(14)5-3-6-11(12)15/h3,5-6,16H,2,4,7-9H2,1H3. The lowest BCUT2D eigenvalue weighted by Crippen LogP contribution is -2.44. The molecule has 0 radical (unpaired) electrons. The fraction of sp³-hybridized carbons (Fsp3) is 0.538. The van der Waals surface area contributed by atoms with E-state index >= 15 is 0 Å². The first-order valence-corrected chi connectivity index (χ1v) is 6.60. The van der Waals surface area contributed by atoms with E-state index in [9.17, 15) is 0 Å². The number of nitrogens with one attached hydrogen (secondary N) is 1. The van der Waals surface area contributed by atoms with Crippen LogP contribution >= 0.6 is 23.2 Å². The van der Waals surface area contributed by atoms with Crippen molar-refractivity contribution < 1.29 is 0 Å². The first-order valence-electron chi connectivity index (χ1n) is 5.85. The summed E-state index contributed by atoms with van der Waals surface area (Å²) < 4.78 is 0. The van der Waals surface area contributed by atoms with Crippen molar-refractivity contribution in [2.45, 2.75) is 31.6 Å². The quantitative estimate of drug-likeness (QED) is 0.859. The molecule has 0 amide bonds. The van der Waals surface area contributed by atoms with E-state index in [4.69, 9.17) is 23.2 Å². The Kier molecular flexibility index (Phi) is 3.78. The predicted octanol–water partition coefficient (Wildman–Crippen LogP) is 4.02. The molecule has 0 unspecified atom stereocenters. The Morgan fingerprint density at radius 2 is 1.88 bits per heavy atom. The molecule has 3 heteroatoms. The van der Waals surface area contributed by atoms with Crippen molar-refractivity contribution >= 4 is 23.2 Å². The molecule has 0 heterocycles. The van der Waals surface area contributed by atoms with Crippen molar-refractivity contribution in [1.82, 2.24) is 5.32 Å². The lowest BCUT2D eigenvalue weighted by atomic mass is 9.64. The smallest absolute Gasteiger partial charge is 0.0459 e. The molecule has 1 saturated carbocycles. The monoisotopic (exact) mass is 257 g/mol. The molecule has 0 saturated heterocycles. The van der Waals surface area contributed by atoms with Crippen molar-refractivity contribution in [2.75, 3.05) is 13.1 Å². The number of likely N-dealkylation sites (N-methyl/N-ethyl adjacent to an activating group) is 1. The van der Waals surface area contributed by atoms with Crippen molar-refractivity contribution in [3.05, 3.63) is 33.8 Å². The molecule has 1 aromatic carbocycles. The minimum atomic E-state index is 0.172. The summed E-state index contributed by atoms with van der Waals surface area (Å²) in [6.45, 7) is 4.09. The Bertz CT molecular complexity index is 352. The maximum atomic E-state index is 6.29. The van der Waals surface area contributed by atoms with Gasteiger partial charge in [0.25, 0.3) is 0 Å². The molecule has 1 aromatic rings. The van der Waals surface area contributed by atoms with Crippen LogP contribution in [-0.2, 0) is 5.41 Å². The van der Waals surface area contributed by atoms with E-state index in [-0.39, 0.29) is 5.41 Å². The molecular weight excluding hydrogens is 241 g/mol. The van der Waals surface area contributed by atoms with Gasteiger partial charge < -0.3 is 5.32 Å². The zero-order chi connectivity index (χ0) is 11.6. The number of hydrogen-bond donors (Lipinski definition) is 1. The third kappa shape index (κ3) is 2.09. The Hall–Kier alpha value is -0.240. The summed E-state index contributed by atoms with van der Waals surface area (Å²) in [7, 11) is 0. The molecule has 0 atom stereocenters. The van der Waals surface area contributed by atoms with E-state index in [0.29, 0.717) is 0 Å². The second-order valence-electron chi connectivity index (χ2n) is 4.51. The number of benzene rings is 1. The zero-order valence-electron chi connectivity index (χ0n) is 9.52. The largest absolute Gasteiger partial charge is 0.316 e. The fourth-order valence-corrected chi connectivity index (χ4v) is 3.29. The van der Waals surface area contributed by atoms with Gasteiger partial charge in [-0.05, 0) is 37.1 Å². The molecule has 1 nitrogen and oxygen atoms in total. The zero-order valence-corrected chi connectivity index (χ0v) is 11.0. The molecule has 16 heavy (non-hydrogen) atoms. The Labute approximate surface area is 107 Å². The summed E-state index contributed by atoms with van der Waals surface area (Å²) in [6.07, 6.45) is 3.64. The van der Waals surface area contributed by atoms with Crippen LogP contribution in [0.25, 0.3) is 0 Å². The van der Waals surface area contributed by atoms with Gasteiger partial charge in [-0.1, -0.05) is 42.6 Å². The lowest BCUT2D eigenvalue weighted by Gasteiger charge is -2.43. The first kappa shape index (κ1) is 12.2. The average Bonchev–Trinajstić information content (AvgIpc) is 2.20. The first-order chi connectivity index (χ1) is 7.69. The summed E-state index contributed by atoms with van der Waals surface area (Å²) in [6, 6.07) is 5.79. The predicted molar refractivity (Wildman–Crippen MR) is 70.5 cm³/mol. The molecule has 0 spiro atoms. The summed E-state index contributed by atoms with van der Waals surface area (Å²) in [5, 5.41) is 5.05. The Morgan fingerprint density at radius 3 is 2.31 bits per heavy atom. The van der Waals surface area contributed by atoms with Crippen molar-refractivity contribution in [2.24, 2.45) is 0 Å². The molecule has 1 fully saturated rings. The highest BCUT2D eigenvalue weighted by molar-refractivity contribution is 6.36. The van der Waals surface area contributed by atoms with Crippen LogP contribution in [0.2, 0.25) is 10.0 Å². The van der Waals surface area contributed by atoms with Gasteiger partial charge in [0.15, 0.2) is 0 Å². The molecule has 0 aromatic heterocycles. The number of hydrogen-bond acceptors (Lipinski definition) is 1. The van der Waals surface area contributed by atoms with Crippen molar-refractivity contribution in [3.8, 4) is 0 Å². The van der Waals surface area contributed by atoms with Crippen LogP contribution in [0.15, 0.2) is 18.2 Å². The van der Waals surface area contributed by atoms with Gasteiger partial charge in [-0.15, -0.1) is 0 Å². The lowest BCUT2D eigenvalue weighted by molar-refractivity contribution is 0.235. The third-order valence-corrected chi connectivity index (χ3v) is 4.15. The van der Waals surface area contributed by atoms with Crippen LogP contribution in [0, 0.1) is 0 Å². The average molecular weight is 258 g/mol. The van der Waals surface area contributed by atoms with Crippen LogP contribution in [0.5, 0.6) is 0 Å². The van der Waals surface area contributed by atoms with Gasteiger partial charge in [0.05, 0.1) is 0 Å². The van der Waals surface area contributed by atoms with Gasteiger partial charge in [-0.3, -0.25) is 0 Å². The maximum absolute atomic E-state index is 6.29. The highest BCUT2D eigenvalue weighted by Gasteiger charge is 2.40. The van der Waals surface area contributed by atoms with Crippen LogP contribution in [0.4, 0.5) is 0 Å². The highest BCUT2D eigenvalue weighted by atomic mass is 35.5. The Morgan fingerprint density at radius 1 is 1.25 bits per heavy atom. The van der Waals surface area contributed by atoms with Crippen LogP contribution in [-0.4, -0.2) is 13.1 Å². The molecule has 0 aliphatic heterocycles. The molecular formula is C13H17Cl2N. The molecule has 1 aliphatic carbocycles. The number of rotatable bonds is 4. The topological polar surface area (TPSA) is 12.0 Å². The van der Waals surface area contributed by atoms with Crippen LogP contribution in [0.3, 0.4) is 0 Å². The summed E-state index contributed by atoms with van der Waals surface area (Å²) in [5.74, 6) is 0. The maximum Gasteiger partial charge on any atom is 0.0459 e. The van der Waals surface area contributed by atoms with E-state index in [1.165, 1.54) is 19.3 Å². The van der Waals surface area contributed by atoms with Gasteiger partial charge >= 0.3 is 0 Å². The van der Waals surface area contributed by atoms with Gasteiger partial charge in [0.1, 0.15) is 0 Å². The normalized spacial score (nSPS) is 18.2. The minimum absolute atomic E-state index is 0.172. The van der Waals surface area contributed by atoms with E-state index < -0.39 is 0 Å². The molecule has 1 aliphatic rings. The van der Waals surface area contributed by atoms with Crippen molar-refractivity contribution in [3.63, 3.8) is 0 Å². The highest BCUT2D eigenvalue weighted by Crippen LogP contribution is 2.48. The van der Waals surface area contributed by atoms with Gasteiger partial charge in [0.2, 0.25) is 0 Å². The molecule has 2 rings (SSSR count). The SMILES string of the molecule is CCNCC1(c2c(Cl)cccc2Cl)CCC1. The molecule has 1 N–H and O–H groups in total. The van der Waals surface area contributed by atoms with Gasteiger partial charge in [0, 0.05) is 22.0 Å². The summed E-state index contributed by atoms with van der Waals surface area (Å²) in [5.41, 5.74) is 1.32. The van der Waals surface area contributed by atoms with Crippen molar-refractivity contribution in [1.29, 1.82) is 0 Å². The molecule has 88 valence electrons. The minimum Gasteiger partial charge on any atom is -0.316 e. The van der Waals surface area contributed by atoms with Crippen LogP contribution < -0.4 is 5.32 Å². The number of halogens is 2.